The van der Waals surface area contributed by atoms with E-state index < -0.39 is 4.92 Å². The van der Waals surface area contributed by atoms with Crippen molar-refractivity contribution in [3.63, 3.8) is 0 Å². The first-order chi connectivity index (χ1) is 10.1. The molecule has 2 aliphatic rings. The molecule has 21 heavy (non-hydrogen) atoms. The van der Waals surface area contributed by atoms with E-state index in [2.05, 4.69) is 4.90 Å². The van der Waals surface area contributed by atoms with Crippen LogP contribution in [0.4, 0.5) is 0 Å². The minimum Gasteiger partial charge on any atom is -0.337 e. The molecule has 0 N–H and O–H groups in total. The van der Waals surface area contributed by atoms with Crippen LogP contribution in [0.1, 0.15) is 0 Å². The molecule has 1 saturated heterocycles. The van der Waals surface area contributed by atoms with Gasteiger partial charge in [0.2, 0.25) is 5.91 Å². The highest BCUT2D eigenvalue weighted by Gasteiger charge is 2.17. The number of piperazine rings is 1. The summed E-state index contributed by atoms with van der Waals surface area (Å²) in [4.78, 5) is 26.3. The fourth-order valence-electron chi connectivity index (χ4n) is 2.19. The Labute approximate surface area is 123 Å². The van der Waals surface area contributed by atoms with Gasteiger partial charge in [0.25, 0.3) is 5.70 Å². The molecule has 0 aromatic rings. The second kappa shape index (κ2) is 6.99. The highest BCUT2D eigenvalue weighted by atomic mass is 16.6. The summed E-state index contributed by atoms with van der Waals surface area (Å²) >= 11 is 0. The number of rotatable bonds is 3. The Kier molecular flexibility index (Phi) is 5.05. The number of carbonyl (C=O) groups excluding carboxylic acids is 1. The molecule has 2 rings (SSSR count). The lowest BCUT2D eigenvalue weighted by Gasteiger charge is -2.31. The summed E-state index contributed by atoms with van der Waals surface area (Å²) in [5.74, 6) is -0.105. The lowest BCUT2D eigenvalue weighted by Crippen LogP contribution is -2.46. The van der Waals surface area contributed by atoms with E-state index in [0.29, 0.717) is 0 Å². The van der Waals surface area contributed by atoms with Gasteiger partial charge in [-0.15, -0.1) is 0 Å². The van der Waals surface area contributed by atoms with Crippen LogP contribution in [0.15, 0.2) is 48.2 Å². The van der Waals surface area contributed by atoms with E-state index >= 15 is 0 Å². The number of nitro groups is 1. The predicted octanol–water partition coefficient (Wildman–Crippen LogP) is 1.22. The minimum atomic E-state index is -0.428. The molecule has 1 atom stereocenters. The smallest absolute Gasteiger partial charge is 0.269 e. The van der Waals surface area contributed by atoms with Crippen molar-refractivity contribution in [2.24, 2.45) is 5.92 Å². The third-order valence-corrected chi connectivity index (χ3v) is 3.58. The third-order valence-electron chi connectivity index (χ3n) is 3.58. The molecule has 0 saturated carbocycles. The molecule has 1 unspecified atom stereocenters. The first-order valence-corrected chi connectivity index (χ1v) is 6.93. The van der Waals surface area contributed by atoms with E-state index in [9.17, 15) is 14.9 Å². The lowest BCUT2D eigenvalue weighted by molar-refractivity contribution is -0.419. The van der Waals surface area contributed by atoms with Crippen LogP contribution in [-0.2, 0) is 4.79 Å². The quantitative estimate of drug-likeness (QED) is 0.445. The Balaban J connectivity index is 1.91. The number of allylic oxidation sites excluding steroid dienone is 6. The van der Waals surface area contributed by atoms with Gasteiger partial charge in [0.1, 0.15) is 0 Å². The summed E-state index contributed by atoms with van der Waals surface area (Å²) in [6.07, 6.45) is 11.4. The average Bonchev–Trinajstić information content (AvgIpc) is 2.71. The summed E-state index contributed by atoms with van der Waals surface area (Å²) in [5.41, 5.74) is 0.0487. The van der Waals surface area contributed by atoms with E-state index in [1.807, 2.05) is 18.0 Å². The van der Waals surface area contributed by atoms with Gasteiger partial charge < -0.3 is 9.80 Å². The van der Waals surface area contributed by atoms with Gasteiger partial charge in [-0.25, -0.2) is 0 Å². The van der Waals surface area contributed by atoms with Gasteiger partial charge in [-0.1, -0.05) is 24.3 Å². The van der Waals surface area contributed by atoms with E-state index in [1.165, 1.54) is 12.2 Å². The standard InChI is InChI=1S/C15H19N3O3/c1-16-9-11-17(12-10-16)15(19)8-6-13-3-2-4-14(7-5-13)18(20)21/h2-8,13H,9-12H2,1H3/b8-6+. The molecule has 1 fully saturated rings. The van der Waals surface area contributed by atoms with Crippen LogP contribution in [0.5, 0.6) is 0 Å². The minimum absolute atomic E-state index is 0.00314. The zero-order valence-corrected chi connectivity index (χ0v) is 12.0. The van der Waals surface area contributed by atoms with Crippen LogP contribution >= 0.6 is 0 Å². The zero-order chi connectivity index (χ0) is 15.2. The van der Waals surface area contributed by atoms with Crippen molar-refractivity contribution in [2.75, 3.05) is 33.2 Å². The molecular weight excluding hydrogens is 270 g/mol. The Bertz CT molecular complexity index is 526. The number of hydrogen-bond donors (Lipinski definition) is 0. The summed E-state index contributed by atoms with van der Waals surface area (Å²) in [6, 6.07) is 0. The normalized spacial score (nSPS) is 23.2. The zero-order valence-electron chi connectivity index (χ0n) is 12.0. The molecule has 0 spiro atoms. The maximum atomic E-state index is 12.1. The van der Waals surface area contributed by atoms with Gasteiger partial charge in [-0.2, -0.15) is 0 Å². The Morgan fingerprint density at radius 3 is 2.71 bits per heavy atom. The molecule has 1 heterocycles. The van der Waals surface area contributed by atoms with Gasteiger partial charge in [0.05, 0.1) is 4.92 Å². The molecule has 0 bridgehead atoms. The maximum Gasteiger partial charge on any atom is 0.269 e. The van der Waals surface area contributed by atoms with Crippen LogP contribution in [0.2, 0.25) is 0 Å². The summed E-state index contributed by atoms with van der Waals surface area (Å²) < 4.78 is 0. The van der Waals surface area contributed by atoms with Gasteiger partial charge in [-0.05, 0) is 7.05 Å². The Morgan fingerprint density at radius 1 is 1.33 bits per heavy atom. The van der Waals surface area contributed by atoms with E-state index in [1.54, 1.807) is 24.3 Å². The lowest BCUT2D eigenvalue weighted by atomic mass is 10.1. The van der Waals surface area contributed by atoms with Gasteiger partial charge in [-0.3, -0.25) is 14.9 Å². The fourth-order valence-corrected chi connectivity index (χ4v) is 2.19. The number of nitrogens with zero attached hydrogens (tertiary/aromatic N) is 3. The summed E-state index contributed by atoms with van der Waals surface area (Å²) in [7, 11) is 2.04. The summed E-state index contributed by atoms with van der Waals surface area (Å²) in [5, 5.41) is 10.7. The monoisotopic (exact) mass is 289 g/mol. The van der Waals surface area contributed by atoms with Crippen molar-refractivity contribution in [1.82, 2.24) is 9.80 Å². The number of carbonyl (C=O) groups is 1. The highest BCUT2D eigenvalue weighted by molar-refractivity contribution is 5.87. The second-order valence-corrected chi connectivity index (χ2v) is 5.16. The van der Waals surface area contributed by atoms with Crippen LogP contribution in [-0.4, -0.2) is 53.9 Å². The van der Waals surface area contributed by atoms with Crippen molar-refractivity contribution >= 4 is 5.91 Å². The SMILES string of the molecule is CN1CCN(C(=O)/C=C/C2C=CC=C([N+](=O)[O-])C=C2)CC1. The van der Waals surface area contributed by atoms with E-state index in [0.717, 1.165) is 26.2 Å². The molecule has 6 nitrogen and oxygen atoms in total. The highest BCUT2D eigenvalue weighted by Crippen LogP contribution is 2.12. The van der Waals surface area contributed by atoms with Crippen molar-refractivity contribution in [3.05, 3.63) is 58.3 Å². The largest absolute Gasteiger partial charge is 0.337 e. The van der Waals surface area contributed by atoms with Crippen molar-refractivity contribution in [2.45, 2.75) is 0 Å². The Morgan fingerprint density at radius 2 is 2.05 bits per heavy atom. The molecule has 1 aliphatic heterocycles. The summed E-state index contributed by atoms with van der Waals surface area (Å²) in [6.45, 7) is 3.25. The third kappa shape index (κ3) is 4.39. The fraction of sp³-hybridized carbons (Fsp3) is 0.400. The van der Waals surface area contributed by atoms with Crippen molar-refractivity contribution in [3.8, 4) is 0 Å². The van der Waals surface area contributed by atoms with Gasteiger partial charge >= 0.3 is 0 Å². The number of likely N-dealkylation sites (N-methyl/N-ethyl adjacent to an activating group) is 1. The van der Waals surface area contributed by atoms with Crippen molar-refractivity contribution < 1.29 is 9.72 Å². The van der Waals surface area contributed by atoms with Crippen LogP contribution in [0.3, 0.4) is 0 Å². The van der Waals surface area contributed by atoms with Gasteiger partial charge in [0, 0.05) is 50.3 Å². The number of hydrogen-bond acceptors (Lipinski definition) is 4. The topological polar surface area (TPSA) is 66.7 Å². The first kappa shape index (κ1) is 15.2. The van der Waals surface area contributed by atoms with Crippen LogP contribution in [0.25, 0.3) is 0 Å². The predicted molar refractivity (Wildman–Crippen MR) is 80.1 cm³/mol. The van der Waals surface area contributed by atoms with Crippen LogP contribution < -0.4 is 0 Å². The Hall–Kier alpha value is -2.21. The molecule has 6 heteroatoms. The maximum absolute atomic E-state index is 12.1. The average molecular weight is 289 g/mol. The van der Waals surface area contributed by atoms with Gasteiger partial charge in [0.15, 0.2) is 0 Å². The molecule has 1 amide bonds. The van der Waals surface area contributed by atoms with Crippen molar-refractivity contribution in [1.29, 1.82) is 0 Å². The first-order valence-electron chi connectivity index (χ1n) is 6.93. The molecular formula is C15H19N3O3. The number of amides is 1. The van der Waals surface area contributed by atoms with E-state index in [4.69, 9.17) is 0 Å². The molecule has 0 aromatic carbocycles. The molecule has 112 valence electrons. The van der Waals surface area contributed by atoms with E-state index in [-0.39, 0.29) is 17.5 Å². The molecule has 0 aromatic heterocycles. The van der Waals surface area contributed by atoms with Crippen LogP contribution in [0, 0.1) is 16.0 Å². The second-order valence-electron chi connectivity index (χ2n) is 5.16. The molecule has 0 radical (unpaired) electrons. The molecule has 1 aliphatic carbocycles.